The van der Waals surface area contributed by atoms with E-state index in [2.05, 4.69) is 21.2 Å². The van der Waals surface area contributed by atoms with E-state index >= 15 is 0 Å². The Bertz CT molecular complexity index is 474. The maximum atomic E-state index is 12.2. The number of carboxylic acids is 1. The zero-order valence-corrected chi connectivity index (χ0v) is 12.8. The molecule has 1 aliphatic rings. The van der Waals surface area contributed by atoms with Gasteiger partial charge in [-0.3, -0.25) is 9.59 Å². The summed E-state index contributed by atoms with van der Waals surface area (Å²) in [6, 6.07) is 1.56. The molecule has 1 aromatic rings. The van der Waals surface area contributed by atoms with Crippen LogP contribution in [0.3, 0.4) is 0 Å². The number of amides is 1. The number of rotatable bonds is 3. The molecule has 104 valence electrons. The van der Waals surface area contributed by atoms with Gasteiger partial charge in [0.05, 0.1) is 5.92 Å². The second kappa shape index (κ2) is 6.52. The van der Waals surface area contributed by atoms with E-state index in [0.29, 0.717) is 11.3 Å². The smallest absolute Gasteiger partial charge is 0.308 e. The van der Waals surface area contributed by atoms with Crippen LogP contribution in [0.2, 0.25) is 0 Å². The Balaban J connectivity index is 2.08. The highest BCUT2D eigenvalue weighted by atomic mass is 79.9. The maximum absolute atomic E-state index is 12.2. The molecule has 1 fully saturated rings. The number of aliphatic carboxylic acids is 1. The predicted molar refractivity (Wildman–Crippen MR) is 77.5 cm³/mol. The lowest BCUT2D eigenvalue weighted by atomic mass is 9.95. The lowest BCUT2D eigenvalue weighted by Crippen LogP contribution is -2.42. The third kappa shape index (κ3) is 3.57. The summed E-state index contributed by atoms with van der Waals surface area (Å²) in [6.45, 7) is 0. The van der Waals surface area contributed by atoms with Crippen LogP contribution in [0.25, 0.3) is 0 Å². The van der Waals surface area contributed by atoms with E-state index in [0.717, 1.165) is 30.2 Å². The Morgan fingerprint density at radius 2 is 2.05 bits per heavy atom. The average molecular weight is 346 g/mol. The molecule has 1 amide bonds. The molecule has 0 aromatic carbocycles. The van der Waals surface area contributed by atoms with E-state index in [1.54, 1.807) is 0 Å². The van der Waals surface area contributed by atoms with E-state index in [4.69, 9.17) is 0 Å². The molecule has 1 aliphatic carbocycles. The van der Waals surface area contributed by atoms with E-state index in [1.165, 1.54) is 11.3 Å². The van der Waals surface area contributed by atoms with Gasteiger partial charge in [-0.1, -0.05) is 19.3 Å². The first kappa shape index (κ1) is 14.5. The van der Waals surface area contributed by atoms with E-state index < -0.39 is 11.9 Å². The van der Waals surface area contributed by atoms with E-state index in [1.807, 2.05) is 11.4 Å². The van der Waals surface area contributed by atoms with Gasteiger partial charge in [-0.2, -0.15) is 0 Å². The lowest BCUT2D eigenvalue weighted by Gasteiger charge is -2.22. The fourth-order valence-electron chi connectivity index (χ4n) is 2.47. The summed E-state index contributed by atoms with van der Waals surface area (Å²) >= 11 is 4.68. The maximum Gasteiger partial charge on any atom is 0.308 e. The summed E-state index contributed by atoms with van der Waals surface area (Å²) in [6.07, 6.45) is 4.32. The summed E-state index contributed by atoms with van der Waals surface area (Å²) in [4.78, 5) is 24.1. The predicted octanol–water partition coefficient (Wildman–Crippen LogP) is 3.27. The molecule has 0 radical (unpaired) electrons. The molecule has 0 bridgehead atoms. The highest BCUT2D eigenvalue weighted by molar-refractivity contribution is 9.10. The molecular formula is C13H16BrNO3S. The Morgan fingerprint density at radius 3 is 2.68 bits per heavy atom. The highest BCUT2D eigenvalue weighted by Gasteiger charge is 2.31. The van der Waals surface area contributed by atoms with Gasteiger partial charge in [0.15, 0.2) is 0 Å². The molecule has 0 spiro atoms. The highest BCUT2D eigenvalue weighted by Crippen LogP contribution is 2.26. The lowest BCUT2D eigenvalue weighted by molar-refractivity contribution is -0.142. The van der Waals surface area contributed by atoms with Crippen molar-refractivity contribution in [1.82, 2.24) is 5.32 Å². The third-order valence-corrected chi connectivity index (χ3v) is 5.31. The number of carbonyl (C=O) groups excluding carboxylic acids is 1. The Morgan fingerprint density at radius 1 is 1.32 bits per heavy atom. The van der Waals surface area contributed by atoms with Crippen LogP contribution < -0.4 is 5.32 Å². The van der Waals surface area contributed by atoms with Gasteiger partial charge in [0.25, 0.3) is 5.91 Å². The summed E-state index contributed by atoms with van der Waals surface area (Å²) in [5.74, 6) is -1.46. The molecule has 6 heteroatoms. The number of halogens is 1. The number of nitrogens with one attached hydrogen (secondary N) is 1. The summed E-state index contributed by atoms with van der Waals surface area (Å²) in [5, 5.41) is 14.0. The fourth-order valence-corrected chi connectivity index (χ4v) is 3.92. The van der Waals surface area contributed by atoms with Gasteiger partial charge in [0.1, 0.15) is 4.88 Å². The molecule has 4 nitrogen and oxygen atoms in total. The summed E-state index contributed by atoms with van der Waals surface area (Å²) < 4.78 is 0.760. The monoisotopic (exact) mass is 345 g/mol. The molecular weight excluding hydrogens is 330 g/mol. The number of hydrogen-bond acceptors (Lipinski definition) is 3. The first-order chi connectivity index (χ1) is 9.09. The molecule has 1 saturated carbocycles. The Labute approximate surface area is 124 Å². The zero-order valence-electron chi connectivity index (χ0n) is 10.4. The number of carbonyl (C=O) groups is 2. The van der Waals surface area contributed by atoms with Crippen LogP contribution >= 0.6 is 27.3 Å². The van der Waals surface area contributed by atoms with Gasteiger partial charge in [-0.15, -0.1) is 11.3 Å². The second-order valence-electron chi connectivity index (χ2n) is 4.76. The molecule has 1 aromatic heterocycles. The van der Waals surface area contributed by atoms with Crippen molar-refractivity contribution >= 4 is 39.1 Å². The minimum Gasteiger partial charge on any atom is -0.481 e. The molecule has 2 rings (SSSR count). The third-order valence-electron chi connectivity index (χ3n) is 3.47. The van der Waals surface area contributed by atoms with Crippen molar-refractivity contribution in [2.45, 2.75) is 38.1 Å². The van der Waals surface area contributed by atoms with Crippen LogP contribution in [0.15, 0.2) is 15.9 Å². The number of carboxylic acid groups (broad SMARTS) is 1. The van der Waals surface area contributed by atoms with Crippen molar-refractivity contribution in [2.24, 2.45) is 5.92 Å². The van der Waals surface area contributed by atoms with Crippen molar-refractivity contribution in [3.63, 3.8) is 0 Å². The van der Waals surface area contributed by atoms with Gasteiger partial charge in [0.2, 0.25) is 0 Å². The first-order valence-corrected chi connectivity index (χ1v) is 8.03. The van der Waals surface area contributed by atoms with Gasteiger partial charge >= 0.3 is 5.97 Å². The largest absolute Gasteiger partial charge is 0.481 e. The van der Waals surface area contributed by atoms with E-state index in [-0.39, 0.29) is 11.9 Å². The SMILES string of the molecule is O=C(N[C@H]1CCCCC[C@@H]1C(=O)O)c1sccc1Br. The van der Waals surface area contributed by atoms with Crippen molar-refractivity contribution in [1.29, 1.82) is 0 Å². The number of hydrogen-bond donors (Lipinski definition) is 2. The van der Waals surface area contributed by atoms with Crippen LogP contribution in [0.5, 0.6) is 0 Å². The quantitative estimate of drug-likeness (QED) is 0.826. The minimum atomic E-state index is -0.808. The van der Waals surface area contributed by atoms with Gasteiger partial charge < -0.3 is 10.4 Å². The standard InChI is InChI=1S/C13H16BrNO3S/c14-9-6-7-19-11(9)12(16)15-10-5-3-1-2-4-8(10)13(17)18/h6-8,10H,1-5H2,(H,15,16)(H,17,18)/t8-,10-/m0/s1. The molecule has 0 aliphatic heterocycles. The Hall–Kier alpha value is -0.880. The van der Waals surface area contributed by atoms with Crippen molar-refractivity contribution in [3.8, 4) is 0 Å². The van der Waals surface area contributed by atoms with Crippen LogP contribution in [-0.4, -0.2) is 23.0 Å². The van der Waals surface area contributed by atoms with Crippen LogP contribution in [0.4, 0.5) is 0 Å². The topological polar surface area (TPSA) is 66.4 Å². The minimum absolute atomic E-state index is 0.181. The Kier molecular flexibility index (Phi) is 4.99. The summed E-state index contributed by atoms with van der Waals surface area (Å²) in [7, 11) is 0. The molecule has 2 N–H and O–H groups in total. The zero-order chi connectivity index (χ0) is 13.8. The first-order valence-electron chi connectivity index (χ1n) is 6.36. The van der Waals surface area contributed by atoms with Crippen LogP contribution in [0, 0.1) is 5.92 Å². The van der Waals surface area contributed by atoms with E-state index in [9.17, 15) is 14.7 Å². The van der Waals surface area contributed by atoms with Crippen molar-refractivity contribution < 1.29 is 14.7 Å². The van der Waals surface area contributed by atoms with Crippen LogP contribution in [-0.2, 0) is 4.79 Å². The molecule has 19 heavy (non-hydrogen) atoms. The van der Waals surface area contributed by atoms with Gasteiger partial charge in [-0.25, -0.2) is 0 Å². The molecule has 0 saturated heterocycles. The van der Waals surface area contributed by atoms with Crippen molar-refractivity contribution in [3.05, 3.63) is 20.8 Å². The molecule has 2 atom stereocenters. The van der Waals surface area contributed by atoms with Crippen molar-refractivity contribution in [2.75, 3.05) is 0 Å². The normalized spacial score (nSPS) is 23.6. The van der Waals surface area contributed by atoms with Gasteiger partial charge in [-0.05, 0) is 40.2 Å². The van der Waals surface area contributed by atoms with Gasteiger partial charge in [0, 0.05) is 10.5 Å². The molecule has 1 heterocycles. The summed E-state index contributed by atoms with van der Waals surface area (Å²) in [5.41, 5.74) is 0. The fraction of sp³-hybridized carbons (Fsp3) is 0.538. The molecule has 0 unspecified atom stereocenters. The van der Waals surface area contributed by atoms with Crippen LogP contribution in [0.1, 0.15) is 41.8 Å². The average Bonchev–Trinajstić information content (AvgIpc) is 2.65. The second-order valence-corrected chi connectivity index (χ2v) is 6.53. The number of thiophene rings is 1.